The lowest BCUT2D eigenvalue weighted by Crippen LogP contribution is -2.45. The lowest BCUT2D eigenvalue weighted by molar-refractivity contribution is -0.143. The van der Waals surface area contributed by atoms with E-state index in [1.165, 1.54) is 205 Å². The number of esters is 1. The van der Waals surface area contributed by atoms with E-state index in [-0.39, 0.29) is 18.5 Å². The molecular weight excluding hydrogens is 815 g/mol. The van der Waals surface area contributed by atoms with Gasteiger partial charge in [0.1, 0.15) is 0 Å². The Kier molecular flexibility index (Phi) is 54.1. The number of carbonyl (C=O) groups excluding carboxylic acids is 2. The summed E-state index contributed by atoms with van der Waals surface area (Å²) in [7, 11) is 0. The fourth-order valence-electron chi connectivity index (χ4n) is 8.92. The predicted molar refractivity (Wildman–Crippen MR) is 287 cm³/mol. The van der Waals surface area contributed by atoms with Crippen molar-refractivity contribution in [1.82, 2.24) is 5.32 Å². The zero-order valence-electron chi connectivity index (χ0n) is 44.2. The van der Waals surface area contributed by atoms with Crippen molar-refractivity contribution >= 4 is 11.9 Å². The van der Waals surface area contributed by atoms with Crippen molar-refractivity contribution in [3.05, 3.63) is 36.5 Å². The molecular formula is C60H113NO5. The second-order valence-corrected chi connectivity index (χ2v) is 20.0. The maximum Gasteiger partial charge on any atom is 0.305 e. The van der Waals surface area contributed by atoms with Gasteiger partial charge in [0.05, 0.1) is 25.4 Å². The predicted octanol–water partition coefficient (Wildman–Crippen LogP) is 18.0. The normalized spacial score (nSPS) is 12.8. The largest absolute Gasteiger partial charge is 0.466 e. The van der Waals surface area contributed by atoms with Crippen LogP contribution in [0.4, 0.5) is 0 Å². The minimum absolute atomic E-state index is 0.0189. The molecule has 1 amide bonds. The molecule has 6 heteroatoms. The van der Waals surface area contributed by atoms with Crippen molar-refractivity contribution in [2.45, 2.75) is 321 Å². The van der Waals surface area contributed by atoms with Gasteiger partial charge >= 0.3 is 5.97 Å². The molecule has 0 radical (unpaired) electrons. The zero-order valence-corrected chi connectivity index (χ0v) is 44.2. The first-order valence-corrected chi connectivity index (χ1v) is 29.3. The molecule has 0 aliphatic heterocycles. The van der Waals surface area contributed by atoms with Gasteiger partial charge in [0.2, 0.25) is 5.91 Å². The summed E-state index contributed by atoms with van der Waals surface area (Å²) < 4.78 is 5.46. The molecule has 0 aliphatic carbocycles. The van der Waals surface area contributed by atoms with Crippen LogP contribution in [-0.2, 0) is 14.3 Å². The van der Waals surface area contributed by atoms with Crippen molar-refractivity contribution in [3.63, 3.8) is 0 Å². The van der Waals surface area contributed by atoms with Gasteiger partial charge in [-0.1, -0.05) is 269 Å². The monoisotopic (exact) mass is 928 g/mol. The fraction of sp³-hybridized carbons (Fsp3) is 0.867. The van der Waals surface area contributed by atoms with Gasteiger partial charge < -0.3 is 20.3 Å². The number of allylic oxidation sites excluding steroid dienone is 5. The quantitative estimate of drug-likeness (QED) is 0.0244. The van der Waals surface area contributed by atoms with E-state index < -0.39 is 12.1 Å². The minimum atomic E-state index is -0.859. The molecule has 0 aromatic heterocycles. The molecule has 0 bridgehead atoms. The van der Waals surface area contributed by atoms with Gasteiger partial charge in [-0.2, -0.15) is 0 Å². The maximum atomic E-state index is 12.5. The van der Waals surface area contributed by atoms with Crippen molar-refractivity contribution in [3.8, 4) is 0 Å². The van der Waals surface area contributed by atoms with Crippen LogP contribution in [-0.4, -0.2) is 47.4 Å². The summed E-state index contributed by atoms with van der Waals surface area (Å²) in [5.74, 6) is -0.108. The fourth-order valence-corrected chi connectivity index (χ4v) is 8.92. The minimum Gasteiger partial charge on any atom is -0.466 e. The van der Waals surface area contributed by atoms with Gasteiger partial charge in [-0.15, -0.1) is 0 Å². The summed E-state index contributed by atoms with van der Waals surface area (Å²) in [6.45, 7) is 4.86. The van der Waals surface area contributed by atoms with E-state index in [9.17, 15) is 19.8 Å². The first-order valence-electron chi connectivity index (χ1n) is 29.3. The Balaban J connectivity index is 3.53. The van der Waals surface area contributed by atoms with Crippen LogP contribution in [0.15, 0.2) is 36.5 Å². The summed E-state index contributed by atoms with van der Waals surface area (Å²) >= 11 is 0. The number of rotatable bonds is 54. The lowest BCUT2D eigenvalue weighted by atomic mass is 10.0. The van der Waals surface area contributed by atoms with Crippen molar-refractivity contribution in [2.75, 3.05) is 13.2 Å². The molecule has 0 rings (SSSR count). The van der Waals surface area contributed by atoms with Crippen LogP contribution in [0.25, 0.3) is 0 Å². The molecule has 0 saturated heterocycles. The summed E-state index contributed by atoms with van der Waals surface area (Å²) in [5.41, 5.74) is 0. The van der Waals surface area contributed by atoms with E-state index in [0.717, 1.165) is 77.0 Å². The Morgan fingerprint density at radius 1 is 0.424 bits per heavy atom. The number of ether oxygens (including phenoxy) is 1. The third-order valence-electron chi connectivity index (χ3n) is 13.4. The molecule has 0 saturated carbocycles. The lowest BCUT2D eigenvalue weighted by Gasteiger charge is -2.20. The van der Waals surface area contributed by atoms with Crippen LogP contribution in [0.3, 0.4) is 0 Å². The SMILES string of the molecule is CCCCCCCCCCCCCCCCC/C=C/C(O)C(CO)NC(=O)CCCCCCCC/C=C\C=C/CCCCCOC(=O)CCCCCCCCCCCCCCCCCCC. The number of nitrogens with one attached hydrogen (secondary N) is 1. The average Bonchev–Trinajstić information content (AvgIpc) is 3.32. The second-order valence-electron chi connectivity index (χ2n) is 20.0. The molecule has 6 nitrogen and oxygen atoms in total. The molecule has 0 heterocycles. The molecule has 0 fully saturated rings. The van der Waals surface area contributed by atoms with Gasteiger partial charge in [-0.25, -0.2) is 0 Å². The number of amides is 1. The highest BCUT2D eigenvalue weighted by Crippen LogP contribution is 2.17. The molecule has 2 atom stereocenters. The van der Waals surface area contributed by atoms with E-state index in [2.05, 4.69) is 43.5 Å². The highest BCUT2D eigenvalue weighted by molar-refractivity contribution is 5.76. The van der Waals surface area contributed by atoms with Gasteiger partial charge in [0.25, 0.3) is 0 Å². The van der Waals surface area contributed by atoms with Crippen LogP contribution in [0.2, 0.25) is 0 Å². The summed E-state index contributed by atoms with van der Waals surface area (Å²) in [5, 5.41) is 23.1. The van der Waals surface area contributed by atoms with Gasteiger partial charge in [0, 0.05) is 12.8 Å². The van der Waals surface area contributed by atoms with Crippen LogP contribution in [0, 0.1) is 0 Å². The van der Waals surface area contributed by atoms with Crippen LogP contribution >= 0.6 is 0 Å². The van der Waals surface area contributed by atoms with E-state index in [1.54, 1.807) is 6.08 Å². The smallest absolute Gasteiger partial charge is 0.305 e. The molecule has 388 valence electrons. The molecule has 2 unspecified atom stereocenters. The maximum absolute atomic E-state index is 12.5. The Labute approximate surface area is 411 Å². The van der Waals surface area contributed by atoms with E-state index in [0.29, 0.717) is 19.4 Å². The summed E-state index contributed by atoms with van der Waals surface area (Å²) in [6.07, 6.45) is 68.8. The van der Waals surface area contributed by atoms with Gasteiger partial charge in [0.15, 0.2) is 0 Å². The van der Waals surface area contributed by atoms with Gasteiger partial charge in [-0.3, -0.25) is 9.59 Å². The zero-order chi connectivity index (χ0) is 47.9. The highest BCUT2D eigenvalue weighted by atomic mass is 16.5. The van der Waals surface area contributed by atoms with E-state index in [1.807, 2.05) is 6.08 Å². The number of hydrogen-bond acceptors (Lipinski definition) is 5. The molecule has 0 aliphatic rings. The number of unbranched alkanes of at least 4 members (excludes halogenated alkanes) is 40. The molecule has 66 heavy (non-hydrogen) atoms. The van der Waals surface area contributed by atoms with Gasteiger partial charge in [-0.05, 0) is 64.2 Å². The standard InChI is InChI=1S/C60H113NO5/c1-3-5-7-9-11-13-15-17-19-21-24-28-32-36-40-44-48-52-58(63)57(56-62)61-59(64)53-49-45-41-37-33-29-25-23-27-31-35-39-43-47-51-55-66-60(65)54-50-46-42-38-34-30-26-22-20-18-16-14-12-10-8-6-4-2/h23,27,31,35,48,52,57-58,62-63H,3-22,24-26,28-30,32-34,36-47,49-51,53-56H2,1-2H3,(H,61,64)/b27-23-,35-31-,52-48+. The van der Waals surface area contributed by atoms with Crippen LogP contribution in [0.1, 0.15) is 309 Å². The van der Waals surface area contributed by atoms with Crippen molar-refractivity contribution in [1.29, 1.82) is 0 Å². The Bertz CT molecular complexity index is 1070. The van der Waals surface area contributed by atoms with E-state index >= 15 is 0 Å². The molecule has 3 N–H and O–H groups in total. The first-order chi connectivity index (χ1) is 32.5. The van der Waals surface area contributed by atoms with Crippen molar-refractivity contribution in [2.24, 2.45) is 0 Å². The summed E-state index contributed by atoms with van der Waals surface area (Å²) in [6, 6.07) is -0.645. The number of carbonyl (C=O) groups is 2. The number of aliphatic hydroxyl groups is 2. The van der Waals surface area contributed by atoms with Crippen molar-refractivity contribution < 1.29 is 24.5 Å². The topological polar surface area (TPSA) is 95.9 Å². The summed E-state index contributed by atoms with van der Waals surface area (Å²) in [4.78, 5) is 24.5. The van der Waals surface area contributed by atoms with E-state index in [4.69, 9.17) is 4.74 Å². The highest BCUT2D eigenvalue weighted by Gasteiger charge is 2.18. The number of aliphatic hydroxyl groups excluding tert-OH is 2. The van der Waals surface area contributed by atoms with Crippen LogP contribution in [0.5, 0.6) is 0 Å². The Morgan fingerprint density at radius 2 is 0.742 bits per heavy atom. The third kappa shape index (κ3) is 51.5. The average molecular weight is 929 g/mol. The Hall–Kier alpha value is -1.92. The second kappa shape index (κ2) is 55.7. The van der Waals surface area contributed by atoms with Crippen LogP contribution < -0.4 is 5.32 Å². The molecule has 0 spiro atoms. The number of hydrogen-bond donors (Lipinski definition) is 3. The molecule has 0 aromatic rings. The third-order valence-corrected chi connectivity index (χ3v) is 13.4. The first kappa shape index (κ1) is 64.1. The molecule has 0 aromatic carbocycles. The Morgan fingerprint density at radius 3 is 1.12 bits per heavy atom.